The second-order valence-corrected chi connectivity index (χ2v) is 7.06. The predicted octanol–water partition coefficient (Wildman–Crippen LogP) is 3.66. The summed E-state index contributed by atoms with van der Waals surface area (Å²) in [7, 11) is -0.0554. The van der Waals surface area contributed by atoms with E-state index in [2.05, 4.69) is 41.5 Å². The Bertz CT molecular complexity index is 284. The molecule has 1 heterocycles. The van der Waals surface area contributed by atoms with E-state index in [0.717, 1.165) is 12.8 Å². The fourth-order valence-electron chi connectivity index (χ4n) is 3.35. The fraction of sp³-hybridized carbons (Fsp3) is 1.00. The predicted molar refractivity (Wildman–Crippen MR) is 67.5 cm³/mol. The molecule has 0 aromatic heterocycles. The summed E-state index contributed by atoms with van der Waals surface area (Å²) in [6.45, 7) is 13.3. The lowest BCUT2D eigenvalue weighted by atomic mass is 9.61. The lowest BCUT2D eigenvalue weighted by Crippen LogP contribution is -2.48. The third-order valence-electron chi connectivity index (χ3n) is 4.42. The maximum Gasteiger partial charge on any atom is 0.463 e. The van der Waals surface area contributed by atoms with Crippen LogP contribution in [0.25, 0.3) is 0 Å². The van der Waals surface area contributed by atoms with Gasteiger partial charge in [-0.05, 0) is 37.4 Å². The van der Waals surface area contributed by atoms with Crippen LogP contribution >= 0.6 is 0 Å². The highest BCUT2D eigenvalue weighted by atomic mass is 16.7. The van der Waals surface area contributed by atoms with E-state index < -0.39 is 0 Å². The van der Waals surface area contributed by atoms with Crippen molar-refractivity contribution in [1.82, 2.24) is 0 Å². The van der Waals surface area contributed by atoms with E-state index in [9.17, 15) is 0 Å². The van der Waals surface area contributed by atoms with E-state index in [4.69, 9.17) is 9.31 Å². The van der Waals surface area contributed by atoms with Crippen LogP contribution in [0, 0.1) is 5.92 Å². The third kappa shape index (κ3) is 1.55. The van der Waals surface area contributed by atoms with E-state index in [1.807, 2.05) is 0 Å². The zero-order valence-electron chi connectivity index (χ0n) is 11.6. The van der Waals surface area contributed by atoms with Gasteiger partial charge in [0, 0.05) is 0 Å². The van der Waals surface area contributed by atoms with Crippen LogP contribution in [-0.2, 0) is 9.31 Å². The Morgan fingerprint density at radius 3 is 2.19 bits per heavy atom. The molecule has 0 spiro atoms. The Kier molecular flexibility index (Phi) is 2.71. The summed E-state index contributed by atoms with van der Waals surface area (Å²) in [6.07, 6.45) is 3.51. The molecule has 0 bridgehead atoms. The summed E-state index contributed by atoms with van der Waals surface area (Å²) in [5.41, 5.74) is -0.121. The summed E-state index contributed by atoms with van der Waals surface area (Å²) < 4.78 is 12.7. The fourth-order valence-corrected chi connectivity index (χ4v) is 3.35. The van der Waals surface area contributed by atoms with Crippen molar-refractivity contribution in [2.45, 2.75) is 77.3 Å². The first-order valence-electron chi connectivity index (χ1n) is 6.57. The second kappa shape index (κ2) is 3.49. The zero-order valence-corrected chi connectivity index (χ0v) is 11.6. The minimum atomic E-state index is -0.0703. The third-order valence-corrected chi connectivity index (χ3v) is 4.42. The van der Waals surface area contributed by atoms with E-state index in [0.29, 0.717) is 5.92 Å². The van der Waals surface area contributed by atoms with Gasteiger partial charge in [0.1, 0.15) is 0 Å². The molecule has 0 aromatic rings. The molecule has 1 aliphatic heterocycles. The van der Waals surface area contributed by atoms with Gasteiger partial charge in [-0.1, -0.05) is 34.6 Å². The molecule has 1 saturated heterocycles. The summed E-state index contributed by atoms with van der Waals surface area (Å²) in [5, 5.41) is 0.0647. The average Bonchev–Trinajstić information content (AvgIpc) is 2.53. The van der Waals surface area contributed by atoms with Crippen molar-refractivity contribution in [3.05, 3.63) is 0 Å². The smallest absolute Gasteiger partial charge is 0.403 e. The molecule has 2 aliphatic rings. The standard InChI is InChI=1S/C13H25BO2/c1-10(2)13-9-7-8-12(13,6)15-14(16-13)11(3,4)5/h10H,7-9H2,1-6H3/t12-,13-/m0/s1. The molecule has 2 rings (SSSR count). The first-order chi connectivity index (χ1) is 7.21. The van der Waals surface area contributed by atoms with E-state index in [1.54, 1.807) is 0 Å². The van der Waals surface area contributed by atoms with Gasteiger partial charge in [-0.2, -0.15) is 0 Å². The van der Waals surface area contributed by atoms with Gasteiger partial charge >= 0.3 is 7.12 Å². The molecule has 2 atom stereocenters. The van der Waals surface area contributed by atoms with Gasteiger partial charge in [0.05, 0.1) is 11.2 Å². The highest BCUT2D eigenvalue weighted by Crippen LogP contribution is 2.56. The SMILES string of the molecule is CC(C)[C@@]12CCC[C@]1(C)OB(C(C)(C)C)O2. The normalized spacial score (nSPS) is 39.6. The maximum absolute atomic E-state index is 6.38. The van der Waals surface area contributed by atoms with Crippen molar-refractivity contribution in [1.29, 1.82) is 0 Å². The van der Waals surface area contributed by atoms with Crippen molar-refractivity contribution in [3.63, 3.8) is 0 Å². The van der Waals surface area contributed by atoms with Gasteiger partial charge in [-0.3, -0.25) is 0 Å². The van der Waals surface area contributed by atoms with Crippen LogP contribution in [0.1, 0.15) is 60.8 Å². The molecule has 1 saturated carbocycles. The summed E-state index contributed by atoms with van der Waals surface area (Å²) >= 11 is 0. The minimum absolute atomic E-state index is 0.0506. The van der Waals surface area contributed by atoms with Crippen LogP contribution < -0.4 is 0 Å². The van der Waals surface area contributed by atoms with Crippen molar-refractivity contribution in [2.75, 3.05) is 0 Å². The Hall–Kier alpha value is -0.0151. The minimum Gasteiger partial charge on any atom is -0.403 e. The number of hydrogen-bond donors (Lipinski definition) is 0. The molecular formula is C13H25BO2. The Balaban J connectivity index is 2.30. The molecule has 16 heavy (non-hydrogen) atoms. The molecule has 3 heteroatoms. The van der Waals surface area contributed by atoms with Crippen molar-refractivity contribution < 1.29 is 9.31 Å². The van der Waals surface area contributed by atoms with Gasteiger partial charge in [0.15, 0.2) is 0 Å². The highest BCUT2D eigenvalue weighted by Gasteiger charge is 2.64. The second-order valence-electron chi connectivity index (χ2n) is 7.06. The Morgan fingerprint density at radius 2 is 1.75 bits per heavy atom. The Labute approximate surface area is 100 Å². The van der Waals surface area contributed by atoms with Crippen LogP contribution in [0.15, 0.2) is 0 Å². The number of fused-ring (bicyclic) bond motifs is 1. The summed E-state index contributed by atoms with van der Waals surface area (Å²) in [5.74, 6) is 0.521. The molecule has 0 unspecified atom stereocenters. The molecule has 0 aromatic carbocycles. The van der Waals surface area contributed by atoms with Gasteiger partial charge in [0.2, 0.25) is 0 Å². The lowest BCUT2D eigenvalue weighted by Gasteiger charge is -2.39. The van der Waals surface area contributed by atoms with Crippen LogP contribution in [-0.4, -0.2) is 18.3 Å². The van der Waals surface area contributed by atoms with Crippen molar-refractivity contribution in [2.24, 2.45) is 5.92 Å². The van der Waals surface area contributed by atoms with Gasteiger partial charge in [-0.25, -0.2) is 0 Å². The molecule has 2 fully saturated rings. The molecule has 0 N–H and O–H groups in total. The van der Waals surface area contributed by atoms with Crippen molar-refractivity contribution in [3.8, 4) is 0 Å². The van der Waals surface area contributed by atoms with Gasteiger partial charge in [-0.15, -0.1) is 0 Å². The summed E-state index contributed by atoms with van der Waals surface area (Å²) in [6, 6.07) is 0. The first-order valence-corrected chi connectivity index (χ1v) is 6.57. The summed E-state index contributed by atoms with van der Waals surface area (Å²) in [4.78, 5) is 0. The lowest BCUT2D eigenvalue weighted by molar-refractivity contribution is -0.0439. The quantitative estimate of drug-likeness (QED) is 0.633. The van der Waals surface area contributed by atoms with Crippen molar-refractivity contribution >= 4 is 7.12 Å². The molecule has 1 aliphatic carbocycles. The maximum atomic E-state index is 6.38. The largest absolute Gasteiger partial charge is 0.463 e. The average molecular weight is 224 g/mol. The van der Waals surface area contributed by atoms with Gasteiger partial charge < -0.3 is 9.31 Å². The van der Waals surface area contributed by atoms with E-state index in [-0.39, 0.29) is 23.6 Å². The van der Waals surface area contributed by atoms with Crippen LogP contribution in [0.5, 0.6) is 0 Å². The molecule has 92 valence electrons. The highest BCUT2D eigenvalue weighted by molar-refractivity contribution is 6.49. The number of rotatable bonds is 1. The van der Waals surface area contributed by atoms with Crippen LogP contribution in [0.4, 0.5) is 0 Å². The molecule has 0 amide bonds. The van der Waals surface area contributed by atoms with E-state index in [1.165, 1.54) is 6.42 Å². The van der Waals surface area contributed by atoms with Crippen LogP contribution in [0.2, 0.25) is 5.31 Å². The number of hydrogen-bond acceptors (Lipinski definition) is 2. The zero-order chi connectivity index (χ0) is 12.2. The first kappa shape index (κ1) is 12.4. The Morgan fingerprint density at radius 1 is 1.12 bits per heavy atom. The monoisotopic (exact) mass is 224 g/mol. The van der Waals surface area contributed by atoms with Gasteiger partial charge in [0.25, 0.3) is 0 Å². The topological polar surface area (TPSA) is 18.5 Å². The van der Waals surface area contributed by atoms with E-state index >= 15 is 0 Å². The molecular weight excluding hydrogens is 199 g/mol. The molecule has 0 radical (unpaired) electrons. The molecule has 2 nitrogen and oxygen atoms in total. The van der Waals surface area contributed by atoms with Crippen LogP contribution in [0.3, 0.4) is 0 Å².